The van der Waals surface area contributed by atoms with Gasteiger partial charge in [-0.2, -0.15) is 0 Å². The molecule has 3 aliphatic heterocycles. The van der Waals surface area contributed by atoms with Crippen molar-refractivity contribution in [2.24, 2.45) is 0 Å². The lowest BCUT2D eigenvalue weighted by Crippen LogP contribution is -2.66. The topological polar surface area (TPSA) is 30.9 Å². The zero-order chi connectivity index (χ0) is 12.7. The zero-order valence-electron chi connectivity index (χ0n) is 11.0. The molecule has 0 amide bonds. The summed E-state index contributed by atoms with van der Waals surface area (Å²) in [7, 11) is -2.68. The van der Waals surface area contributed by atoms with Crippen LogP contribution in [0.25, 0.3) is 0 Å². The second kappa shape index (κ2) is 4.79. The van der Waals surface area contributed by atoms with Crippen LogP contribution in [-0.2, 0) is 13.3 Å². The Morgan fingerprint density at radius 1 is 1.24 bits per heavy atom. The van der Waals surface area contributed by atoms with Crippen molar-refractivity contribution in [3.05, 3.63) is 0 Å². The van der Waals surface area contributed by atoms with Gasteiger partial charge in [0.1, 0.15) is 0 Å². The molecular weight excluding hydrogens is 258 g/mol. The monoisotopic (exact) mass is 279 g/mol. The van der Waals surface area contributed by atoms with E-state index in [1.165, 1.54) is 0 Å². The number of nitrogens with zero attached hydrogens (tertiary/aromatic N) is 1. The van der Waals surface area contributed by atoms with Crippen LogP contribution in [0.4, 0.5) is 0 Å². The Morgan fingerprint density at radius 2 is 1.76 bits per heavy atom. The van der Waals surface area contributed by atoms with Crippen LogP contribution in [0.1, 0.15) is 27.7 Å². The molecule has 4 nitrogen and oxygen atoms in total. The largest absolute Gasteiger partial charge is 0.517 e. The van der Waals surface area contributed by atoms with Crippen molar-refractivity contribution < 1.29 is 13.3 Å². The summed E-state index contributed by atoms with van der Waals surface area (Å²) in [6.45, 7) is 11.0. The first-order valence-corrected chi connectivity index (χ1v) is 8.64. The minimum absolute atomic E-state index is 0.0143. The highest BCUT2D eigenvalue weighted by Crippen LogP contribution is 2.29. The summed E-state index contributed by atoms with van der Waals surface area (Å²) in [6, 6.07) is 0. The van der Waals surface area contributed by atoms with Crippen molar-refractivity contribution in [2.45, 2.75) is 45.4 Å². The summed E-state index contributed by atoms with van der Waals surface area (Å²) in [4.78, 5) is 2.38. The second-order valence-corrected chi connectivity index (χ2v) is 8.87. The molecular formula is C11H22ClNO3Si. The van der Waals surface area contributed by atoms with Crippen LogP contribution in [0.15, 0.2) is 0 Å². The quantitative estimate of drug-likeness (QED) is 0.539. The van der Waals surface area contributed by atoms with E-state index in [1.807, 2.05) is 0 Å². The number of halogens is 1. The highest BCUT2D eigenvalue weighted by Gasteiger charge is 2.50. The predicted molar refractivity (Wildman–Crippen MR) is 69.2 cm³/mol. The first-order chi connectivity index (χ1) is 7.87. The normalized spacial score (nSPS) is 46.1. The lowest BCUT2D eigenvalue weighted by molar-refractivity contribution is -0.0992. The molecule has 3 fully saturated rings. The van der Waals surface area contributed by atoms with E-state index in [0.717, 1.165) is 13.1 Å². The lowest BCUT2D eigenvalue weighted by atomic mass is 10.0. The summed E-state index contributed by atoms with van der Waals surface area (Å²) in [6.07, 6.45) is 0.208. The van der Waals surface area contributed by atoms with Crippen molar-refractivity contribution in [1.29, 1.82) is 0 Å². The van der Waals surface area contributed by atoms with Gasteiger partial charge < -0.3 is 13.3 Å². The molecule has 0 radical (unpaired) electrons. The van der Waals surface area contributed by atoms with Gasteiger partial charge in [0.05, 0.1) is 24.3 Å². The maximum absolute atomic E-state index is 6.06. The average molecular weight is 280 g/mol. The lowest BCUT2D eigenvalue weighted by Gasteiger charge is -2.49. The van der Waals surface area contributed by atoms with Crippen molar-refractivity contribution in [2.75, 3.05) is 25.2 Å². The summed E-state index contributed by atoms with van der Waals surface area (Å²) < 4.78 is 17.9. The van der Waals surface area contributed by atoms with Gasteiger partial charge in [-0.3, -0.25) is 4.90 Å². The van der Waals surface area contributed by atoms with Gasteiger partial charge in [-0.15, -0.1) is 11.6 Å². The zero-order valence-corrected chi connectivity index (χ0v) is 12.8. The maximum Gasteiger partial charge on any atom is 0.517 e. The minimum Gasteiger partial charge on any atom is -0.371 e. The van der Waals surface area contributed by atoms with Crippen molar-refractivity contribution in [1.82, 2.24) is 4.90 Å². The molecule has 100 valence electrons. The predicted octanol–water partition coefficient (Wildman–Crippen LogP) is 1.64. The molecule has 3 heterocycles. The molecule has 3 rings (SSSR count). The van der Waals surface area contributed by atoms with E-state index in [2.05, 4.69) is 32.6 Å². The van der Waals surface area contributed by atoms with E-state index in [4.69, 9.17) is 24.9 Å². The molecule has 3 aliphatic rings. The Hall–Kier alpha value is 0.347. The third kappa shape index (κ3) is 2.85. The first kappa shape index (κ1) is 13.8. The molecule has 2 unspecified atom stereocenters. The van der Waals surface area contributed by atoms with Crippen molar-refractivity contribution in [3.8, 4) is 0 Å². The van der Waals surface area contributed by atoms with Gasteiger partial charge in [0.25, 0.3) is 0 Å². The highest BCUT2D eigenvalue weighted by atomic mass is 35.5. The van der Waals surface area contributed by atoms with Crippen LogP contribution in [0, 0.1) is 0 Å². The van der Waals surface area contributed by atoms with Gasteiger partial charge in [0.15, 0.2) is 0 Å². The number of fused-ring (bicyclic) bond motifs is 6. The fraction of sp³-hybridized carbons (Fsp3) is 1.00. The molecule has 0 N–H and O–H groups in total. The molecule has 0 aliphatic carbocycles. The third-order valence-electron chi connectivity index (χ3n) is 3.38. The fourth-order valence-corrected chi connectivity index (χ4v) is 5.40. The Labute approximate surface area is 110 Å². The SMILES string of the molecule is CC1CN2CC(C)O[Si](CCl)(OCC2(C)C)O1. The number of hydrogen-bond acceptors (Lipinski definition) is 4. The maximum atomic E-state index is 6.06. The standard InChI is InChI=1S/C11H22ClNO3Si/c1-9-5-13-6-10(2)16-17(8-12,15-9)14-7-11(13,3)4/h9-10H,5-8H2,1-4H3. The van der Waals surface area contributed by atoms with Crippen LogP contribution in [-0.4, -0.2) is 56.7 Å². The first-order valence-electron chi connectivity index (χ1n) is 6.17. The molecule has 0 aromatic rings. The highest BCUT2D eigenvalue weighted by molar-refractivity contribution is 6.69. The van der Waals surface area contributed by atoms with Gasteiger partial charge in [0, 0.05) is 18.6 Å². The van der Waals surface area contributed by atoms with Gasteiger partial charge >= 0.3 is 8.80 Å². The van der Waals surface area contributed by atoms with Crippen molar-refractivity contribution in [3.63, 3.8) is 0 Å². The van der Waals surface area contributed by atoms with Crippen LogP contribution in [0.5, 0.6) is 0 Å². The molecule has 6 heteroatoms. The fourth-order valence-electron chi connectivity index (χ4n) is 2.45. The Kier molecular flexibility index (Phi) is 3.88. The smallest absolute Gasteiger partial charge is 0.371 e. The van der Waals surface area contributed by atoms with Crippen LogP contribution in [0.2, 0.25) is 0 Å². The molecule has 0 spiro atoms. The Bertz CT molecular complexity index is 276. The number of hydrogen-bond donors (Lipinski definition) is 0. The molecule has 0 saturated carbocycles. The van der Waals surface area contributed by atoms with Gasteiger partial charge in [0.2, 0.25) is 0 Å². The van der Waals surface area contributed by atoms with E-state index in [9.17, 15) is 0 Å². The second-order valence-electron chi connectivity index (χ2n) is 5.68. The molecule has 2 bridgehead atoms. The van der Waals surface area contributed by atoms with Gasteiger partial charge in [-0.1, -0.05) is 0 Å². The molecule has 3 saturated heterocycles. The van der Waals surface area contributed by atoms with Crippen LogP contribution >= 0.6 is 11.6 Å². The van der Waals surface area contributed by atoms with Crippen LogP contribution < -0.4 is 0 Å². The van der Waals surface area contributed by atoms with Crippen molar-refractivity contribution >= 4 is 20.4 Å². The third-order valence-corrected chi connectivity index (χ3v) is 6.80. The van der Waals surface area contributed by atoms with Crippen LogP contribution in [0.3, 0.4) is 0 Å². The van der Waals surface area contributed by atoms with Gasteiger partial charge in [-0.25, -0.2) is 0 Å². The summed E-state index contributed by atoms with van der Waals surface area (Å²) in [5.74, 6) is 0. The van der Waals surface area contributed by atoms with E-state index in [0.29, 0.717) is 12.1 Å². The number of alkyl halides is 1. The molecule has 0 aromatic heterocycles. The summed E-state index contributed by atoms with van der Waals surface area (Å²) >= 11 is 6.06. The van der Waals surface area contributed by atoms with E-state index < -0.39 is 8.80 Å². The summed E-state index contributed by atoms with van der Waals surface area (Å²) in [5, 5.41) is 0. The number of rotatable bonds is 1. The summed E-state index contributed by atoms with van der Waals surface area (Å²) in [5.41, 5.74) is 0.345. The van der Waals surface area contributed by atoms with E-state index >= 15 is 0 Å². The van der Waals surface area contributed by atoms with E-state index in [1.54, 1.807) is 0 Å². The van der Waals surface area contributed by atoms with Gasteiger partial charge in [-0.05, 0) is 27.7 Å². The minimum atomic E-state index is -2.68. The average Bonchev–Trinajstić information content (AvgIpc) is 2.21. The molecule has 17 heavy (non-hydrogen) atoms. The molecule has 0 aromatic carbocycles. The molecule has 2 atom stereocenters. The Balaban J connectivity index is 2.31. The Morgan fingerprint density at radius 3 is 2.24 bits per heavy atom. The van der Waals surface area contributed by atoms with E-state index in [-0.39, 0.29) is 17.7 Å².